The summed E-state index contributed by atoms with van der Waals surface area (Å²) in [4.78, 5) is 20.6. The first-order valence-electron chi connectivity index (χ1n) is 10.3. The summed E-state index contributed by atoms with van der Waals surface area (Å²) < 4.78 is 43.9. The number of hydrogen-bond donors (Lipinski definition) is 2. The topological polar surface area (TPSA) is 114 Å². The number of benzene rings is 1. The van der Waals surface area contributed by atoms with Crippen LogP contribution in [0.15, 0.2) is 29.4 Å². The molecule has 1 aromatic carbocycles. The van der Waals surface area contributed by atoms with Gasteiger partial charge in [0.25, 0.3) is 0 Å². The first kappa shape index (κ1) is 22.3. The Morgan fingerprint density at radius 2 is 1.84 bits per heavy atom. The maximum Gasteiger partial charge on any atom is 0.338 e. The van der Waals surface area contributed by atoms with Gasteiger partial charge in [0.1, 0.15) is 16.4 Å². The number of aromatic carboxylic acids is 1. The van der Waals surface area contributed by atoms with Crippen LogP contribution < -0.4 is 4.72 Å². The van der Waals surface area contributed by atoms with Gasteiger partial charge in [0.05, 0.1) is 23.5 Å². The second kappa shape index (κ2) is 7.63. The normalized spacial score (nSPS) is 15.2. The monoisotopic (exact) mass is 460 g/mol. The Bertz CT molecular complexity index is 1320. The molecule has 8 nitrogen and oxygen atoms in total. The van der Waals surface area contributed by atoms with Crippen LogP contribution >= 0.6 is 0 Å². The van der Waals surface area contributed by atoms with Gasteiger partial charge in [0.15, 0.2) is 5.82 Å². The highest BCUT2D eigenvalue weighted by atomic mass is 32.2. The number of nitrogens with one attached hydrogen (secondary N) is 1. The van der Waals surface area contributed by atoms with Gasteiger partial charge in [-0.3, -0.25) is 0 Å². The maximum absolute atomic E-state index is 14.3. The molecule has 1 aliphatic rings. The van der Waals surface area contributed by atoms with E-state index in [4.69, 9.17) is 0 Å². The highest BCUT2D eigenvalue weighted by Gasteiger charge is 2.32. The molecule has 3 aromatic rings. The van der Waals surface area contributed by atoms with Crippen LogP contribution in [-0.2, 0) is 10.0 Å². The van der Waals surface area contributed by atoms with E-state index in [1.807, 2.05) is 4.57 Å². The maximum atomic E-state index is 14.3. The van der Waals surface area contributed by atoms with Gasteiger partial charge >= 0.3 is 5.97 Å². The van der Waals surface area contributed by atoms with Crippen LogP contribution in [0.1, 0.15) is 62.0 Å². The molecular weight excluding hydrogens is 435 g/mol. The molecule has 2 heterocycles. The lowest BCUT2D eigenvalue weighted by Crippen LogP contribution is -2.40. The smallest absolute Gasteiger partial charge is 0.338 e. The van der Waals surface area contributed by atoms with Crippen molar-refractivity contribution in [3.05, 3.63) is 41.5 Å². The third kappa shape index (κ3) is 3.88. The van der Waals surface area contributed by atoms with Crippen LogP contribution in [-0.4, -0.2) is 39.6 Å². The Labute approximate surface area is 185 Å². The van der Waals surface area contributed by atoms with Crippen LogP contribution in [0.4, 0.5) is 4.39 Å². The zero-order valence-corrected chi connectivity index (χ0v) is 19.1. The van der Waals surface area contributed by atoms with E-state index in [1.54, 1.807) is 33.8 Å². The standard InChI is InChI=1S/C22H25FN4O4S/c1-12-8-17-15(9-16(12)23)18(21(28)29)19(27(17)13-6-5-7-13)20-24-10-14(11-25-20)32(30,31)26-22(2,3)4/h8-11,13,26H,5-7H2,1-4H3,(H,28,29). The summed E-state index contributed by atoms with van der Waals surface area (Å²) in [5.41, 5.74) is 0.501. The van der Waals surface area contributed by atoms with Gasteiger partial charge in [-0.2, -0.15) is 0 Å². The number of carboxylic acid groups (broad SMARTS) is 1. The summed E-state index contributed by atoms with van der Waals surface area (Å²) in [6, 6.07) is 2.92. The molecule has 0 amide bonds. The van der Waals surface area contributed by atoms with Crippen LogP contribution in [0.5, 0.6) is 0 Å². The number of hydrogen-bond acceptors (Lipinski definition) is 5. The molecule has 10 heteroatoms. The molecule has 1 aliphatic carbocycles. The first-order chi connectivity index (χ1) is 14.9. The van der Waals surface area contributed by atoms with E-state index in [9.17, 15) is 22.7 Å². The Morgan fingerprint density at radius 1 is 1.22 bits per heavy atom. The first-order valence-corrected chi connectivity index (χ1v) is 11.8. The van der Waals surface area contributed by atoms with Crippen LogP contribution in [0.2, 0.25) is 0 Å². The molecule has 4 rings (SSSR count). The number of halogens is 1. The van der Waals surface area contributed by atoms with Crippen LogP contribution in [0, 0.1) is 12.7 Å². The molecule has 1 saturated carbocycles. The van der Waals surface area contributed by atoms with Gasteiger partial charge in [0, 0.05) is 17.0 Å². The average Bonchev–Trinajstić information content (AvgIpc) is 2.93. The van der Waals surface area contributed by atoms with E-state index in [2.05, 4.69) is 14.7 Å². The van der Waals surface area contributed by atoms with Crippen molar-refractivity contribution in [1.82, 2.24) is 19.3 Å². The molecule has 0 unspecified atom stereocenters. The quantitative estimate of drug-likeness (QED) is 0.594. The molecule has 170 valence electrons. The molecule has 0 atom stereocenters. The molecular formula is C22H25FN4O4S. The fraction of sp³-hybridized carbons (Fsp3) is 0.409. The summed E-state index contributed by atoms with van der Waals surface area (Å²) in [5.74, 6) is -1.63. The largest absolute Gasteiger partial charge is 0.478 e. The summed E-state index contributed by atoms with van der Waals surface area (Å²) in [7, 11) is -3.85. The number of carboxylic acids is 1. The minimum Gasteiger partial charge on any atom is -0.478 e. The highest BCUT2D eigenvalue weighted by Crippen LogP contribution is 2.42. The van der Waals surface area contributed by atoms with Gasteiger partial charge in [-0.05, 0) is 64.7 Å². The second-order valence-electron chi connectivity index (χ2n) is 9.20. The van der Waals surface area contributed by atoms with E-state index in [1.165, 1.54) is 6.07 Å². The third-order valence-electron chi connectivity index (χ3n) is 5.53. The van der Waals surface area contributed by atoms with Crippen molar-refractivity contribution in [2.24, 2.45) is 0 Å². The Hall–Kier alpha value is -2.85. The zero-order valence-electron chi connectivity index (χ0n) is 18.3. The van der Waals surface area contributed by atoms with Crippen LogP contribution in [0.3, 0.4) is 0 Å². The summed E-state index contributed by atoms with van der Waals surface area (Å²) in [5, 5.41) is 10.3. The van der Waals surface area contributed by atoms with Gasteiger partial charge in [-0.15, -0.1) is 0 Å². The number of aryl methyl sites for hydroxylation is 1. The third-order valence-corrected chi connectivity index (χ3v) is 7.24. The number of nitrogens with zero attached hydrogens (tertiary/aromatic N) is 3. The van der Waals surface area contributed by atoms with Crippen molar-refractivity contribution in [1.29, 1.82) is 0 Å². The minimum absolute atomic E-state index is 0.0417. The van der Waals surface area contributed by atoms with E-state index < -0.39 is 27.3 Å². The summed E-state index contributed by atoms with van der Waals surface area (Å²) in [6.07, 6.45) is 5.04. The highest BCUT2D eigenvalue weighted by molar-refractivity contribution is 7.89. The molecule has 2 N–H and O–H groups in total. The SMILES string of the molecule is Cc1cc2c(cc1F)c(C(=O)O)c(-c1ncc(S(=O)(=O)NC(C)(C)C)cn1)n2C1CCC1. The lowest BCUT2D eigenvalue weighted by Gasteiger charge is -2.30. The molecule has 2 aromatic heterocycles. The number of carbonyl (C=O) groups is 1. The molecule has 0 spiro atoms. The fourth-order valence-corrected chi connectivity index (χ4v) is 5.24. The van der Waals surface area contributed by atoms with Crippen molar-refractivity contribution in [2.45, 2.75) is 63.4 Å². The van der Waals surface area contributed by atoms with Crippen molar-refractivity contribution < 1.29 is 22.7 Å². The fourth-order valence-electron chi connectivity index (χ4n) is 3.93. The molecule has 0 saturated heterocycles. The summed E-state index contributed by atoms with van der Waals surface area (Å²) >= 11 is 0. The molecule has 0 aliphatic heterocycles. The number of fused-ring (bicyclic) bond motifs is 1. The predicted octanol–water partition coefficient (Wildman–Crippen LogP) is 4.05. The molecule has 0 bridgehead atoms. The van der Waals surface area contributed by atoms with E-state index in [-0.39, 0.29) is 33.4 Å². The predicted molar refractivity (Wildman–Crippen MR) is 118 cm³/mol. The van der Waals surface area contributed by atoms with Crippen molar-refractivity contribution in [2.75, 3.05) is 0 Å². The molecule has 32 heavy (non-hydrogen) atoms. The van der Waals surface area contributed by atoms with Crippen molar-refractivity contribution >= 4 is 26.9 Å². The Kier molecular flexibility index (Phi) is 5.33. The number of rotatable bonds is 5. The van der Waals surface area contributed by atoms with Gasteiger partial charge in [-0.1, -0.05) is 0 Å². The van der Waals surface area contributed by atoms with Crippen molar-refractivity contribution in [3.63, 3.8) is 0 Å². The average molecular weight is 461 g/mol. The van der Waals surface area contributed by atoms with E-state index in [0.29, 0.717) is 11.1 Å². The number of aromatic nitrogens is 3. The van der Waals surface area contributed by atoms with Crippen molar-refractivity contribution in [3.8, 4) is 11.5 Å². The number of sulfonamides is 1. The van der Waals surface area contributed by atoms with Crippen LogP contribution in [0.25, 0.3) is 22.4 Å². The zero-order chi connectivity index (χ0) is 23.4. The van der Waals surface area contributed by atoms with Gasteiger partial charge in [0.2, 0.25) is 10.0 Å². The summed E-state index contributed by atoms with van der Waals surface area (Å²) in [6.45, 7) is 6.79. The van der Waals surface area contributed by atoms with E-state index in [0.717, 1.165) is 31.7 Å². The Morgan fingerprint density at radius 3 is 2.34 bits per heavy atom. The lowest BCUT2D eigenvalue weighted by molar-refractivity contribution is 0.0699. The molecule has 1 fully saturated rings. The van der Waals surface area contributed by atoms with E-state index >= 15 is 0 Å². The van der Waals surface area contributed by atoms with Gasteiger partial charge in [-0.25, -0.2) is 32.3 Å². The lowest BCUT2D eigenvalue weighted by atomic mass is 9.92. The second-order valence-corrected chi connectivity index (χ2v) is 10.9. The Balaban J connectivity index is 1.92. The minimum atomic E-state index is -3.85. The van der Waals surface area contributed by atoms with Gasteiger partial charge < -0.3 is 9.67 Å². The molecule has 0 radical (unpaired) electrons.